The molecular formula is C25H25ClN2O3. The molecule has 31 heavy (non-hydrogen) atoms. The van der Waals surface area contributed by atoms with E-state index in [0.29, 0.717) is 6.42 Å². The summed E-state index contributed by atoms with van der Waals surface area (Å²) in [5.74, 6) is 0.698. The highest BCUT2D eigenvalue weighted by Crippen LogP contribution is 2.32. The number of carbonyl (C=O) groups is 1. The average molecular weight is 437 g/mol. The number of nitrogens with zero attached hydrogens (tertiary/aromatic N) is 2. The van der Waals surface area contributed by atoms with Gasteiger partial charge in [-0.3, -0.25) is 4.90 Å². The van der Waals surface area contributed by atoms with E-state index in [0.717, 1.165) is 66.2 Å². The fourth-order valence-electron chi connectivity index (χ4n) is 3.96. The molecule has 1 aliphatic heterocycles. The Labute approximate surface area is 187 Å². The van der Waals surface area contributed by atoms with Crippen molar-refractivity contribution in [2.45, 2.75) is 38.3 Å². The molecule has 0 spiro atoms. The molecule has 0 aliphatic carbocycles. The molecule has 1 fully saturated rings. The number of hydrogen-bond acceptors (Lipinski definition) is 4. The number of hydrogen-bond donors (Lipinski definition) is 1. The second kappa shape index (κ2) is 9.94. The van der Waals surface area contributed by atoms with Crippen LogP contribution in [0.4, 0.5) is 0 Å². The summed E-state index contributed by atoms with van der Waals surface area (Å²) >= 11 is 5.97. The lowest BCUT2D eigenvalue weighted by Gasteiger charge is -2.33. The second-order valence-electron chi connectivity index (χ2n) is 7.86. The van der Waals surface area contributed by atoms with Crippen LogP contribution in [0, 0.1) is 0 Å². The Morgan fingerprint density at radius 2 is 1.87 bits per heavy atom. The van der Waals surface area contributed by atoms with Crippen LogP contribution in [0.25, 0.3) is 6.08 Å². The maximum atomic E-state index is 10.7. The molecule has 6 heteroatoms. The predicted molar refractivity (Wildman–Crippen MR) is 121 cm³/mol. The lowest BCUT2D eigenvalue weighted by Crippen LogP contribution is -2.33. The highest BCUT2D eigenvalue weighted by molar-refractivity contribution is 6.30. The van der Waals surface area contributed by atoms with Gasteiger partial charge in [0, 0.05) is 24.1 Å². The molecule has 4 rings (SSSR count). The summed E-state index contributed by atoms with van der Waals surface area (Å²) in [6.45, 7) is 1.81. The smallest absolute Gasteiger partial charge is 0.328 e. The van der Waals surface area contributed by atoms with Crippen molar-refractivity contribution in [1.82, 2.24) is 9.88 Å². The van der Waals surface area contributed by atoms with Crippen LogP contribution in [0.5, 0.6) is 0 Å². The quantitative estimate of drug-likeness (QED) is 0.478. The van der Waals surface area contributed by atoms with Crippen LogP contribution in [0.3, 0.4) is 0 Å². The van der Waals surface area contributed by atoms with Gasteiger partial charge in [0.2, 0.25) is 5.89 Å². The number of oxazole rings is 1. The first-order valence-electron chi connectivity index (χ1n) is 10.5. The molecule has 160 valence electrons. The summed E-state index contributed by atoms with van der Waals surface area (Å²) in [7, 11) is 0. The van der Waals surface area contributed by atoms with Crippen molar-refractivity contribution < 1.29 is 14.3 Å². The average Bonchev–Trinajstić information content (AvgIpc) is 3.23. The van der Waals surface area contributed by atoms with E-state index < -0.39 is 5.97 Å². The summed E-state index contributed by atoms with van der Waals surface area (Å²) in [5.41, 5.74) is 3.21. The Bertz CT molecular complexity index is 1040. The van der Waals surface area contributed by atoms with E-state index in [2.05, 4.69) is 22.0 Å². The standard InChI is InChI=1S/C25H25ClN2O3/c26-21-11-8-19(9-12-21)15-22-16-27-25(31-22)23-3-1-2-14-28(23)17-20-6-4-18(5-7-20)10-13-24(29)30/h4-13,16,23H,1-3,14-15,17H2,(H,29,30)/b13-10+/t23-/m0/s1. The van der Waals surface area contributed by atoms with Gasteiger partial charge in [0.15, 0.2) is 0 Å². The first-order chi connectivity index (χ1) is 15.1. The number of carboxylic acids is 1. The number of aliphatic carboxylic acids is 1. The number of benzene rings is 2. The molecule has 0 unspecified atom stereocenters. The third-order valence-corrected chi connectivity index (χ3v) is 5.80. The van der Waals surface area contributed by atoms with Crippen molar-refractivity contribution in [1.29, 1.82) is 0 Å². The molecule has 0 amide bonds. The Kier molecular flexibility index (Phi) is 6.85. The fraction of sp³-hybridized carbons (Fsp3) is 0.280. The van der Waals surface area contributed by atoms with Gasteiger partial charge in [-0.25, -0.2) is 9.78 Å². The molecule has 1 atom stereocenters. The fourth-order valence-corrected chi connectivity index (χ4v) is 4.08. The Hall–Kier alpha value is -2.89. The van der Waals surface area contributed by atoms with Crippen LogP contribution < -0.4 is 0 Å². The van der Waals surface area contributed by atoms with Crippen molar-refractivity contribution in [2.24, 2.45) is 0 Å². The van der Waals surface area contributed by atoms with Crippen LogP contribution in [0.2, 0.25) is 5.02 Å². The number of likely N-dealkylation sites (tertiary alicyclic amines) is 1. The van der Waals surface area contributed by atoms with Crippen LogP contribution in [0.15, 0.2) is 65.2 Å². The minimum Gasteiger partial charge on any atom is -0.478 e. The first kappa shape index (κ1) is 21.3. The third kappa shape index (κ3) is 5.84. The van der Waals surface area contributed by atoms with Crippen LogP contribution in [-0.2, 0) is 17.8 Å². The maximum Gasteiger partial charge on any atom is 0.328 e. The molecule has 1 aromatic heterocycles. The first-order valence-corrected chi connectivity index (χ1v) is 10.9. The normalized spacial score (nSPS) is 17.3. The number of rotatable bonds is 7. The zero-order chi connectivity index (χ0) is 21.6. The monoisotopic (exact) mass is 436 g/mol. The summed E-state index contributed by atoms with van der Waals surface area (Å²) in [5, 5.41) is 9.49. The molecule has 1 aliphatic rings. The number of carboxylic acid groups (broad SMARTS) is 1. The van der Waals surface area contributed by atoms with Crippen molar-refractivity contribution in [3.63, 3.8) is 0 Å². The minimum absolute atomic E-state index is 0.166. The summed E-state index contributed by atoms with van der Waals surface area (Å²) in [6.07, 6.45) is 8.64. The lowest BCUT2D eigenvalue weighted by molar-refractivity contribution is -0.131. The highest BCUT2D eigenvalue weighted by atomic mass is 35.5. The van der Waals surface area contributed by atoms with Gasteiger partial charge < -0.3 is 9.52 Å². The molecule has 3 aromatic rings. The zero-order valence-corrected chi connectivity index (χ0v) is 18.0. The minimum atomic E-state index is -0.943. The number of aromatic nitrogens is 1. The van der Waals surface area contributed by atoms with Gasteiger partial charge in [0.25, 0.3) is 0 Å². The maximum absolute atomic E-state index is 10.7. The molecule has 0 saturated carbocycles. The molecule has 1 saturated heterocycles. The molecule has 0 radical (unpaired) electrons. The van der Waals surface area contributed by atoms with E-state index in [1.165, 1.54) is 5.56 Å². The lowest BCUT2D eigenvalue weighted by atomic mass is 10.0. The van der Waals surface area contributed by atoms with Gasteiger partial charge in [0.1, 0.15) is 5.76 Å². The van der Waals surface area contributed by atoms with Gasteiger partial charge in [0.05, 0.1) is 12.2 Å². The number of halogens is 1. The van der Waals surface area contributed by atoms with Crippen molar-refractivity contribution in [3.8, 4) is 0 Å². The SMILES string of the molecule is O=C(O)/C=C/c1ccc(CN2CCCC[C@H]2c2ncc(Cc3ccc(Cl)cc3)o2)cc1. The molecule has 5 nitrogen and oxygen atoms in total. The largest absolute Gasteiger partial charge is 0.478 e. The molecule has 0 bridgehead atoms. The van der Waals surface area contributed by atoms with Crippen molar-refractivity contribution >= 4 is 23.6 Å². The third-order valence-electron chi connectivity index (χ3n) is 5.55. The predicted octanol–water partition coefficient (Wildman–Crippen LogP) is 5.74. The Morgan fingerprint density at radius 3 is 2.61 bits per heavy atom. The van der Waals surface area contributed by atoms with E-state index in [1.807, 2.05) is 42.6 Å². The van der Waals surface area contributed by atoms with Crippen LogP contribution >= 0.6 is 11.6 Å². The van der Waals surface area contributed by atoms with Crippen molar-refractivity contribution in [2.75, 3.05) is 6.54 Å². The van der Waals surface area contributed by atoms with Gasteiger partial charge in [-0.05, 0) is 54.3 Å². The van der Waals surface area contributed by atoms with Crippen LogP contribution in [-0.4, -0.2) is 27.5 Å². The molecule has 1 N–H and O–H groups in total. The molecule has 2 aromatic carbocycles. The van der Waals surface area contributed by atoms with E-state index in [1.54, 1.807) is 6.08 Å². The number of piperidine rings is 1. The van der Waals surface area contributed by atoms with Crippen molar-refractivity contribution in [3.05, 3.63) is 94.2 Å². The zero-order valence-electron chi connectivity index (χ0n) is 17.2. The van der Waals surface area contributed by atoms with Gasteiger partial charge in [-0.15, -0.1) is 0 Å². The second-order valence-corrected chi connectivity index (χ2v) is 8.30. The van der Waals surface area contributed by atoms with Crippen LogP contribution in [0.1, 0.15) is 53.6 Å². The topological polar surface area (TPSA) is 66.6 Å². The Morgan fingerprint density at radius 1 is 1.13 bits per heavy atom. The van der Waals surface area contributed by atoms with E-state index >= 15 is 0 Å². The summed E-state index contributed by atoms with van der Waals surface area (Å²) < 4.78 is 6.15. The summed E-state index contributed by atoms with van der Waals surface area (Å²) in [6, 6.07) is 16.0. The summed E-state index contributed by atoms with van der Waals surface area (Å²) in [4.78, 5) is 17.7. The van der Waals surface area contributed by atoms with E-state index in [9.17, 15) is 4.79 Å². The van der Waals surface area contributed by atoms with Gasteiger partial charge in [-0.1, -0.05) is 54.4 Å². The molecule has 2 heterocycles. The molecular weight excluding hydrogens is 412 g/mol. The van der Waals surface area contributed by atoms with E-state index in [4.69, 9.17) is 21.1 Å². The van der Waals surface area contributed by atoms with E-state index in [-0.39, 0.29) is 6.04 Å². The van der Waals surface area contributed by atoms with Gasteiger partial charge in [-0.2, -0.15) is 0 Å². The Balaban J connectivity index is 1.43. The van der Waals surface area contributed by atoms with Gasteiger partial charge >= 0.3 is 5.97 Å². The highest BCUT2D eigenvalue weighted by Gasteiger charge is 2.28.